The third kappa shape index (κ3) is 2.47. The molecule has 2 atom stereocenters. The Hall–Kier alpha value is -0.800. The number of aliphatic hydroxyl groups is 1. The zero-order valence-corrected chi connectivity index (χ0v) is 10.3. The number of hydrogen-bond acceptors (Lipinski definition) is 3. The summed E-state index contributed by atoms with van der Waals surface area (Å²) in [4.78, 5) is 0. The Labute approximate surface area is 96.8 Å². The second-order valence-electron chi connectivity index (χ2n) is 5.65. The van der Waals surface area contributed by atoms with Crippen LogP contribution in [0.25, 0.3) is 0 Å². The Kier molecular flexibility index (Phi) is 3.08. The minimum atomic E-state index is -0.305. The van der Waals surface area contributed by atoms with Crippen LogP contribution in [0.15, 0.2) is 16.7 Å². The monoisotopic (exact) mass is 223 g/mol. The first-order valence-corrected chi connectivity index (χ1v) is 5.96. The first-order chi connectivity index (χ1) is 7.48. The molecule has 0 spiro atoms. The van der Waals surface area contributed by atoms with Crippen LogP contribution in [0.3, 0.4) is 0 Å². The van der Waals surface area contributed by atoms with E-state index in [9.17, 15) is 5.11 Å². The molecule has 0 saturated heterocycles. The van der Waals surface area contributed by atoms with Crippen molar-refractivity contribution in [1.82, 2.24) is 5.32 Å². The van der Waals surface area contributed by atoms with Crippen molar-refractivity contribution in [2.45, 2.75) is 45.8 Å². The number of hydrogen-bond donors (Lipinski definition) is 2. The number of nitrogens with one attached hydrogen (secondary N) is 1. The van der Waals surface area contributed by atoms with Crippen molar-refractivity contribution in [2.24, 2.45) is 5.41 Å². The second kappa shape index (κ2) is 4.22. The highest BCUT2D eigenvalue weighted by Crippen LogP contribution is 2.41. The second-order valence-corrected chi connectivity index (χ2v) is 5.65. The third-order valence-corrected chi connectivity index (χ3v) is 3.21. The Morgan fingerprint density at radius 1 is 1.62 bits per heavy atom. The molecule has 3 heteroatoms. The van der Waals surface area contributed by atoms with Crippen molar-refractivity contribution in [3.63, 3.8) is 0 Å². The van der Waals surface area contributed by atoms with E-state index < -0.39 is 0 Å². The molecule has 16 heavy (non-hydrogen) atoms. The maximum Gasteiger partial charge on any atom is 0.109 e. The summed E-state index contributed by atoms with van der Waals surface area (Å²) in [5, 5.41) is 12.7. The van der Waals surface area contributed by atoms with Crippen LogP contribution in [0.5, 0.6) is 0 Å². The van der Waals surface area contributed by atoms with Gasteiger partial charge in [0.2, 0.25) is 0 Å². The zero-order chi connectivity index (χ0) is 11.8. The molecule has 0 saturated carbocycles. The molecule has 90 valence electrons. The Balaban J connectivity index is 2.13. The van der Waals surface area contributed by atoms with E-state index in [1.54, 1.807) is 13.2 Å². The normalized spacial score (nSPS) is 25.1. The zero-order valence-electron chi connectivity index (χ0n) is 10.3. The van der Waals surface area contributed by atoms with Gasteiger partial charge >= 0.3 is 0 Å². The van der Waals surface area contributed by atoms with Gasteiger partial charge in [-0.05, 0) is 24.8 Å². The van der Waals surface area contributed by atoms with Crippen LogP contribution in [0.1, 0.15) is 44.6 Å². The Morgan fingerprint density at radius 3 is 3.06 bits per heavy atom. The van der Waals surface area contributed by atoms with Crippen LogP contribution in [0.4, 0.5) is 0 Å². The van der Waals surface area contributed by atoms with Crippen LogP contribution < -0.4 is 5.32 Å². The number of rotatable bonds is 3. The summed E-state index contributed by atoms with van der Waals surface area (Å²) >= 11 is 0. The van der Waals surface area contributed by atoms with E-state index in [-0.39, 0.29) is 11.5 Å². The third-order valence-electron chi connectivity index (χ3n) is 3.21. The van der Waals surface area contributed by atoms with Gasteiger partial charge in [-0.25, -0.2) is 0 Å². The highest BCUT2D eigenvalue weighted by Gasteiger charge is 2.33. The van der Waals surface area contributed by atoms with Crippen LogP contribution in [-0.4, -0.2) is 17.8 Å². The SMILES string of the molecule is CC(O)CNC1CC(C)(C)Cc2occc21. The van der Waals surface area contributed by atoms with Gasteiger partial charge in [-0.1, -0.05) is 13.8 Å². The van der Waals surface area contributed by atoms with Gasteiger partial charge in [0.05, 0.1) is 12.4 Å². The highest BCUT2D eigenvalue weighted by molar-refractivity contribution is 5.26. The molecule has 0 fully saturated rings. The summed E-state index contributed by atoms with van der Waals surface area (Å²) < 4.78 is 5.53. The first kappa shape index (κ1) is 11.7. The van der Waals surface area contributed by atoms with Crippen molar-refractivity contribution in [3.8, 4) is 0 Å². The molecule has 0 amide bonds. The summed E-state index contributed by atoms with van der Waals surface area (Å²) in [6.07, 6.45) is 3.55. The summed E-state index contributed by atoms with van der Waals surface area (Å²) in [7, 11) is 0. The number of aliphatic hydroxyl groups excluding tert-OH is 1. The molecule has 3 nitrogen and oxygen atoms in total. The molecule has 2 N–H and O–H groups in total. The van der Waals surface area contributed by atoms with Crippen molar-refractivity contribution >= 4 is 0 Å². The van der Waals surface area contributed by atoms with Gasteiger partial charge in [-0.2, -0.15) is 0 Å². The predicted molar refractivity (Wildman–Crippen MR) is 63.2 cm³/mol. The van der Waals surface area contributed by atoms with Crippen molar-refractivity contribution in [3.05, 3.63) is 23.7 Å². The summed E-state index contributed by atoms with van der Waals surface area (Å²) in [6, 6.07) is 2.36. The van der Waals surface area contributed by atoms with Gasteiger partial charge in [0.15, 0.2) is 0 Å². The Bertz CT molecular complexity index is 355. The van der Waals surface area contributed by atoms with E-state index in [0.717, 1.165) is 18.6 Å². The topological polar surface area (TPSA) is 45.4 Å². The van der Waals surface area contributed by atoms with Crippen molar-refractivity contribution < 1.29 is 9.52 Å². The molecular formula is C13H21NO2. The van der Waals surface area contributed by atoms with Gasteiger partial charge in [-0.15, -0.1) is 0 Å². The molecule has 1 aliphatic carbocycles. The van der Waals surface area contributed by atoms with Crippen molar-refractivity contribution in [1.29, 1.82) is 0 Å². The van der Waals surface area contributed by atoms with Crippen LogP contribution >= 0.6 is 0 Å². The number of furan rings is 1. The van der Waals surface area contributed by atoms with E-state index in [0.29, 0.717) is 12.6 Å². The van der Waals surface area contributed by atoms with E-state index in [1.807, 2.05) is 6.07 Å². The van der Waals surface area contributed by atoms with Gasteiger partial charge in [0.25, 0.3) is 0 Å². The standard InChI is InChI=1S/C13H21NO2/c1-9(15)8-14-11-6-13(2,3)7-12-10(11)4-5-16-12/h4-5,9,11,14-15H,6-8H2,1-3H3. The van der Waals surface area contributed by atoms with E-state index in [2.05, 4.69) is 19.2 Å². The fourth-order valence-electron chi connectivity index (χ4n) is 2.47. The lowest BCUT2D eigenvalue weighted by Gasteiger charge is -2.35. The molecule has 2 unspecified atom stereocenters. The average molecular weight is 223 g/mol. The smallest absolute Gasteiger partial charge is 0.109 e. The lowest BCUT2D eigenvalue weighted by Crippen LogP contribution is -2.35. The van der Waals surface area contributed by atoms with Crippen LogP contribution in [0, 0.1) is 5.41 Å². The number of fused-ring (bicyclic) bond motifs is 1. The van der Waals surface area contributed by atoms with Gasteiger partial charge in [0.1, 0.15) is 5.76 Å². The molecular weight excluding hydrogens is 202 g/mol. The minimum absolute atomic E-state index is 0.265. The van der Waals surface area contributed by atoms with Crippen LogP contribution in [0.2, 0.25) is 0 Å². The minimum Gasteiger partial charge on any atom is -0.469 e. The molecule has 0 aliphatic heterocycles. The first-order valence-electron chi connectivity index (χ1n) is 5.96. The Morgan fingerprint density at radius 2 is 2.38 bits per heavy atom. The molecule has 1 aliphatic rings. The summed E-state index contributed by atoms with van der Waals surface area (Å²) in [5.74, 6) is 1.10. The fourth-order valence-corrected chi connectivity index (χ4v) is 2.47. The molecule has 1 aromatic rings. The molecule has 2 rings (SSSR count). The fraction of sp³-hybridized carbons (Fsp3) is 0.692. The van der Waals surface area contributed by atoms with E-state index in [4.69, 9.17) is 4.42 Å². The lowest BCUT2D eigenvalue weighted by molar-refractivity contribution is 0.171. The molecule has 0 aromatic carbocycles. The lowest BCUT2D eigenvalue weighted by atomic mass is 9.75. The molecule has 1 aromatic heterocycles. The van der Waals surface area contributed by atoms with Gasteiger partial charge in [0, 0.05) is 24.6 Å². The van der Waals surface area contributed by atoms with Gasteiger partial charge in [-0.3, -0.25) is 0 Å². The summed E-state index contributed by atoms with van der Waals surface area (Å²) in [5.41, 5.74) is 1.53. The average Bonchev–Trinajstić information content (AvgIpc) is 2.59. The highest BCUT2D eigenvalue weighted by atomic mass is 16.3. The van der Waals surface area contributed by atoms with Gasteiger partial charge < -0.3 is 14.8 Å². The molecule has 0 radical (unpaired) electrons. The predicted octanol–water partition coefficient (Wildman–Crippen LogP) is 2.26. The largest absolute Gasteiger partial charge is 0.469 e. The van der Waals surface area contributed by atoms with Crippen molar-refractivity contribution in [2.75, 3.05) is 6.54 Å². The molecule has 1 heterocycles. The quantitative estimate of drug-likeness (QED) is 0.826. The maximum absolute atomic E-state index is 9.33. The van der Waals surface area contributed by atoms with Crippen LogP contribution in [-0.2, 0) is 6.42 Å². The summed E-state index contributed by atoms with van der Waals surface area (Å²) in [6.45, 7) is 6.95. The maximum atomic E-state index is 9.33. The van der Waals surface area contributed by atoms with E-state index in [1.165, 1.54) is 5.56 Å². The van der Waals surface area contributed by atoms with E-state index >= 15 is 0 Å². The molecule has 0 bridgehead atoms.